The maximum Gasteiger partial charge on any atom is 0.407 e. The van der Waals surface area contributed by atoms with E-state index in [-0.39, 0.29) is 0 Å². The summed E-state index contributed by atoms with van der Waals surface area (Å²) in [4.78, 5) is 18.8. The summed E-state index contributed by atoms with van der Waals surface area (Å²) >= 11 is 3.40. The van der Waals surface area contributed by atoms with Gasteiger partial charge in [0.05, 0.1) is 17.9 Å². The summed E-state index contributed by atoms with van der Waals surface area (Å²) in [6, 6.07) is 2.34. The Morgan fingerprint density at radius 1 is 1.41 bits per heavy atom. The van der Waals surface area contributed by atoms with Crippen molar-refractivity contribution in [2.24, 2.45) is 5.92 Å². The maximum absolute atomic E-state index is 10.9. The molecular weight excluding hydrogens is 286 g/mol. The van der Waals surface area contributed by atoms with Gasteiger partial charge in [-0.3, -0.25) is 4.98 Å². The van der Waals surface area contributed by atoms with E-state index in [0.29, 0.717) is 25.0 Å². The van der Waals surface area contributed by atoms with E-state index in [1.54, 1.807) is 6.20 Å². The van der Waals surface area contributed by atoms with Crippen LogP contribution in [0.3, 0.4) is 0 Å². The number of halogens is 1. The van der Waals surface area contributed by atoms with Crippen LogP contribution in [0, 0.1) is 5.92 Å². The highest BCUT2D eigenvalue weighted by atomic mass is 79.9. The molecule has 2 fully saturated rings. The van der Waals surface area contributed by atoms with Crippen molar-refractivity contribution >= 4 is 27.7 Å². The Bertz CT molecular complexity index is 468. The first-order chi connectivity index (χ1) is 8.15. The van der Waals surface area contributed by atoms with Gasteiger partial charge in [0, 0.05) is 36.2 Å². The number of likely N-dealkylation sites (tertiary alicyclic amines) is 1. The molecule has 17 heavy (non-hydrogen) atoms. The summed E-state index contributed by atoms with van der Waals surface area (Å²) in [6.07, 6.45) is 2.76. The Morgan fingerprint density at radius 3 is 2.94 bits per heavy atom. The number of carbonyl (C=O) groups is 1. The van der Waals surface area contributed by atoms with Crippen molar-refractivity contribution in [3.63, 3.8) is 0 Å². The Labute approximate surface area is 107 Å². The third kappa shape index (κ3) is 1.76. The molecule has 0 radical (unpaired) electrons. The quantitative estimate of drug-likeness (QED) is 0.856. The summed E-state index contributed by atoms with van der Waals surface area (Å²) in [5, 5.41) is 8.97. The highest BCUT2D eigenvalue weighted by molar-refractivity contribution is 9.10. The summed E-state index contributed by atoms with van der Waals surface area (Å²) in [5.41, 5.74) is 1.06. The lowest BCUT2D eigenvalue weighted by atomic mass is 9.91. The number of pyridine rings is 1. The first kappa shape index (κ1) is 10.8. The van der Waals surface area contributed by atoms with Crippen molar-refractivity contribution in [1.82, 2.24) is 9.88 Å². The van der Waals surface area contributed by atoms with Crippen LogP contribution < -0.4 is 4.90 Å². The van der Waals surface area contributed by atoms with Gasteiger partial charge in [-0.05, 0) is 22.0 Å². The van der Waals surface area contributed by atoms with Gasteiger partial charge in [-0.15, -0.1) is 0 Å². The van der Waals surface area contributed by atoms with E-state index in [1.807, 2.05) is 12.3 Å². The molecule has 90 valence electrons. The topological polar surface area (TPSA) is 56.7 Å². The van der Waals surface area contributed by atoms with Gasteiger partial charge in [0.1, 0.15) is 0 Å². The lowest BCUT2D eigenvalue weighted by Crippen LogP contribution is -2.55. The second kappa shape index (κ2) is 3.87. The lowest BCUT2D eigenvalue weighted by molar-refractivity contribution is 0.155. The predicted molar refractivity (Wildman–Crippen MR) is 66.2 cm³/mol. The number of anilines is 1. The minimum Gasteiger partial charge on any atom is -0.465 e. The fraction of sp³-hybridized carbons (Fsp3) is 0.455. The van der Waals surface area contributed by atoms with Gasteiger partial charge in [-0.2, -0.15) is 0 Å². The van der Waals surface area contributed by atoms with E-state index in [9.17, 15) is 4.79 Å². The van der Waals surface area contributed by atoms with E-state index < -0.39 is 6.09 Å². The van der Waals surface area contributed by atoms with Crippen molar-refractivity contribution < 1.29 is 9.90 Å². The van der Waals surface area contributed by atoms with Gasteiger partial charge in [0.15, 0.2) is 0 Å². The average Bonchev–Trinajstić information content (AvgIpc) is 2.57. The monoisotopic (exact) mass is 297 g/mol. The van der Waals surface area contributed by atoms with Crippen LogP contribution in [0.5, 0.6) is 0 Å². The van der Waals surface area contributed by atoms with Gasteiger partial charge in [0.25, 0.3) is 0 Å². The SMILES string of the molecule is O=C(O)N1C[C@H]2CN(c3cncc(Br)c3)[C@H]2C1. The fourth-order valence-corrected chi connectivity index (χ4v) is 3.00. The summed E-state index contributed by atoms with van der Waals surface area (Å²) in [7, 11) is 0. The third-order valence-corrected chi connectivity index (χ3v) is 3.96. The van der Waals surface area contributed by atoms with Gasteiger partial charge in [-0.25, -0.2) is 4.79 Å². The third-order valence-electron chi connectivity index (χ3n) is 3.53. The van der Waals surface area contributed by atoms with Crippen molar-refractivity contribution in [3.8, 4) is 0 Å². The summed E-state index contributed by atoms with van der Waals surface area (Å²) < 4.78 is 0.950. The molecule has 5 nitrogen and oxygen atoms in total. The zero-order valence-electron chi connectivity index (χ0n) is 9.08. The van der Waals surface area contributed by atoms with E-state index in [1.165, 1.54) is 4.90 Å². The molecule has 0 bridgehead atoms. The van der Waals surface area contributed by atoms with Crippen LogP contribution in [-0.4, -0.2) is 46.8 Å². The number of rotatable bonds is 1. The Hall–Kier alpha value is -1.30. The zero-order chi connectivity index (χ0) is 12.0. The second-order valence-corrected chi connectivity index (χ2v) is 5.44. The molecule has 0 aromatic carbocycles. The molecule has 0 aliphatic carbocycles. The van der Waals surface area contributed by atoms with Crippen LogP contribution in [0.4, 0.5) is 10.5 Å². The largest absolute Gasteiger partial charge is 0.465 e. The standard InChI is InChI=1S/C11H12BrN3O2/c12-8-1-9(3-13-2-8)15-5-7-4-14(11(16)17)6-10(7)15/h1-3,7,10H,4-6H2,(H,16,17)/t7-,10-/m0/s1. The van der Waals surface area contributed by atoms with Crippen molar-refractivity contribution in [3.05, 3.63) is 22.9 Å². The van der Waals surface area contributed by atoms with Crippen LogP contribution >= 0.6 is 15.9 Å². The molecule has 0 unspecified atom stereocenters. The highest BCUT2D eigenvalue weighted by Crippen LogP contribution is 2.36. The first-order valence-electron chi connectivity index (χ1n) is 5.50. The smallest absolute Gasteiger partial charge is 0.407 e. The minimum absolute atomic E-state index is 0.321. The van der Waals surface area contributed by atoms with E-state index >= 15 is 0 Å². The second-order valence-electron chi connectivity index (χ2n) is 4.53. The Balaban J connectivity index is 1.75. The number of hydrogen-bond acceptors (Lipinski definition) is 3. The van der Waals surface area contributed by atoms with Gasteiger partial charge in [-0.1, -0.05) is 0 Å². The van der Waals surface area contributed by atoms with Crippen LogP contribution in [-0.2, 0) is 0 Å². The molecule has 2 saturated heterocycles. The highest BCUT2D eigenvalue weighted by Gasteiger charge is 2.47. The minimum atomic E-state index is -0.813. The number of aromatic nitrogens is 1. The van der Waals surface area contributed by atoms with Gasteiger partial charge in [0.2, 0.25) is 0 Å². The number of fused-ring (bicyclic) bond motifs is 1. The van der Waals surface area contributed by atoms with E-state index in [4.69, 9.17) is 5.11 Å². The van der Waals surface area contributed by atoms with Crippen molar-refractivity contribution in [2.45, 2.75) is 6.04 Å². The average molecular weight is 298 g/mol. The van der Waals surface area contributed by atoms with Crippen LogP contribution in [0.15, 0.2) is 22.9 Å². The molecule has 1 aromatic heterocycles. The van der Waals surface area contributed by atoms with E-state index in [0.717, 1.165) is 16.7 Å². The lowest BCUT2D eigenvalue weighted by Gasteiger charge is -2.45. The van der Waals surface area contributed by atoms with Crippen LogP contribution in [0.25, 0.3) is 0 Å². The first-order valence-corrected chi connectivity index (χ1v) is 6.29. The molecule has 1 N–H and O–H groups in total. The Kier molecular flexibility index (Phi) is 2.47. The molecule has 0 spiro atoms. The fourth-order valence-electron chi connectivity index (χ4n) is 2.65. The molecule has 2 aliphatic heterocycles. The predicted octanol–water partition coefficient (Wildman–Crippen LogP) is 1.64. The zero-order valence-corrected chi connectivity index (χ0v) is 10.7. The number of carboxylic acid groups (broad SMARTS) is 1. The van der Waals surface area contributed by atoms with Gasteiger partial charge < -0.3 is 14.9 Å². The van der Waals surface area contributed by atoms with Crippen LogP contribution in [0.1, 0.15) is 0 Å². The summed E-state index contributed by atoms with van der Waals surface area (Å²) in [6.45, 7) is 2.19. The summed E-state index contributed by atoms with van der Waals surface area (Å²) in [5.74, 6) is 0.477. The molecule has 3 heterocycles. The molecule has 3 rings (SSSR count). The number of amides is 1. The molecule has 6 heteroatoms. The maximum atomic E-state index is 10.9. The molecule has 1 aromatic rings. The van der Waals surface area contributed by atoms with Crippen molar-refractivity contribution in [1.29, 1.82) is 0 Å². The molecule has 1 amide bonds. The Morgan fingerprint density at radius 2 is 2.24 bits per heavy atom. The molecule has 2 aliphatic rings. The number of hydrogen-bond donors (Lipinski definition) is 1. The molecule has 2 atom stereocenters. The van der Waals surface area contributed by atoms with E-state index in [2.05, 4.69) is 25.8 Å². The molecular formula is C11H12BrN3O2. The van der Waals surface area contributed by atoms with Gasteiger partial charge >= 0.3 is 6.09 Å². The van der Waals surface area contributed by atoms with Crippen molar-refractivity contribution in [2.75, 3.05) is 24.5 Å². The molecule has 0 saturated carbocycles. The normalized spacial score (nSPS) is 26.6. The number of nitrogens with zero attached hydrogens (tertiary/aromatic N) is 3. The van der Waals surface area contributed by atoms with Crippen LogP contribution in [0.2, 0.25) is 0 Å².